The predicted molar refractivity (Wildman–Crippen MR) is 307 cm³/mol. The third-order valence-corrected chi connectivity index (χ3v) is 11.5. The molecule has 0 aromatic heterocycles. The Morgan fingerprint density at radius 3 is 1.24 bits per heavy atom. The van der Waals surface area contributed by atoms with Crippen molar-refractivity contribution in [2.75, 3.05) is 172 Å². The average molecular weight is 1300 g/mol. The van der Waals surface area contributed by atoms with Crippen LogP contribution in [0.2, 0.25) is 0 Å². The van der Waals surface area contributed by atoms with E-state index in [9.17, 15) is 77.3 Å². The number of rotatable bonds is 57. The second kappa shape index (κ2) is 52.1. The molecule has 0 aromatic rings. The fraction of sp³-hybridized carbons (Fsp3) is 0.731. The number of ether oxygens (including phenoxy) is 8. The van der Waals surface area contributed by atoms with Crippen LogP contribution in [-0.2, 0) is 105 Å². The van der Waals surface area contributed by atoms with Crippen LogP contribution in [0, 0.1) is 0 Å². The summed E-state index contributed by atoms with van der Waals surface area (Å²) in [5, 5.41) is 61.8. The van der Waals surface area contributed by atoms with E-state index >= 15 is 0 Å². The first-order valence-corrected chi connectivity index (χ1v) is 28.5. The Labute approximate surface area is 518 Å². The van der Waals surface area contributed by atoms with Crippen LogP contribution in [-0.4, -0.2) is 310 Å². The van der Waals surface area contributed by atoms with Crippen LogP contribution < -0.4 is 58.9 Å². The Morgan fingerprint density at radius 1 is 0.433 bits per heavy atom. The Hall–Kier alpha value is -7.66. The van der Waals surface area contributed by atoms with Crippen LogP contribution in [0.1, 0.15) is 46.0 Å². The number of primary amides is 1. The summed E-state index contributed by atoms with van der Waals surface area (Å²) in [7, 11) is 1.53. The number of hydrogen-bond donors (Lipinski definition) is 15. The van der Waals surface area contributed by atoms with Gasteiger partial charge in [-0.15, -0.1) is 0 Å². The molecule has 0 radical (unpaired) electrons. The molecule has 0 saturated heterocycles. The van der Waals surface area contributed by atoms with Crippen molar-refractivity contribution in [1.29, 1.82) is 0 Å². The number of carbonyl (C=O) groups is 14. The van der Waals surface area contributed by atoms with E-state index in [1.165, 1.54) is 14.0 Å². The van der Waals surface area contributed by atoms with Gasteiger partial charge in [0.05, 0.1) is 118 Å². The molecular weight excluding hydrogens is 1210 g/mol. The van der Waals surface area contributed by atoms with Gasteiger partial charge in [-0.2, -0.15) is 0 Å². The molecule has 5 atom stereocenters. The van der Waals surface area contributed by atoms with Crippen molar-refractivity contribution in [3.8, 4) is 0 Å². The van der Waals surface area contributed by atoms with Gasteiger partial charge < -0.3 is 117 Å². The largest absolute Gasteiger partial charge is 0.480 e. The van der Waals surface area contributed by atoms with E-state index in [0.29, 0.717) is 32.6 Å². The summed E-state index contributed by atoms with van der Waals surface area (Å²) in [5.41, 5.74) is 5.25. The molecule has 11 amide bonds. The van der Waals surface area contributed by atoms with E-state index in [1.54, 1.807) is 0 Å². The van der Waals surface area contributed by atoms with Crippen LogP contribution in [0.4, 0.5) is 0 Å². The molecule has 0 rings (SSSR count). The number of ketones is 1. The Bertz CT molecular complexity index is 2220. The molecule has 0 spiro atoms. The number of carbonyl (C=O) groups excluding carboxylic acids is 12. The molecule has 514 valence electrons. The van der Waals surface area contributed by atoms with Crippen LogP contribution >= 0.6 is 0 Å². The topological polar surface area (TPSA) is 543 Å². The zero-order valence-corrected chi connectivity index (χ0v) is 50.9. The maximum absolute atomic E-state index is 13.5. The normalized spacial score (nSPS) is 12.6. The molecule has 0 aliphatic rings. The van der Waals surface area contributed by atoms with Crippen molar-refractivity contribution in [2.24, 2.45) is 5.73 Å². The lowest BCUT2D eigenvalue weighted by atomic mass is 10.1. The lowest BCUT2D eigenvalue weighted by Crippen LogP contribution is -2.61. The molecule has 16 N–H and O–H groups in total. The Morgan fingerprint density at radius 2 is 0.822 bits per heavy atom. The third kappa shape index (κ3) is 44.7. The fourth-order valence-electron chi connectivity index (χ4n) is 6.93. The zero-order chi connectivity index (χ0) is 67.5. The summed E-state index contributed by atoms with van der Waals surface area (Å²) < 4.78 is 41.6. The summed E-state index contributed by atoms with van der Waals surface area (Å²) in [5.74, 6) is -12.9. The van der Waals surface area contributed by atoms with Gasteiger partial charge >= 0.3 is 11.9 Å². The molecule has 0 aliphatic heterocycles. The molecule has 0 unspecified atom stereocenters. The van der Waals surface area contributed by atoms with Crippen LogP contribution in [0.25, 0.3) is 0 Å². The first-order chi connectivity index (χ1) is 43.0. The quantitative estimate of drug-likeness (QED) is 0.0252. The SMILES string of the molecule is CCCC[C@H](NC(=O)[C@H](CNC(=O)CN(CC(=O)O)CC(=O)O)NC(=O)[C@H](CO)NC(=O)[C@H](CCC(N)=O)NC(=O)[C@H](CO)NC(=O)CNC(=O)COCCOCCNC(=O)COCCOCCNC(=O)COCCOCCNC(=O)COCCOC)C(C)=O. The number of aliphatic carboxylic acids is 2. The first kappa shape index (κ1) is 82.3. The molecule has 0 saturated carbocycles. The summed E-state index contributed by atoms with van der Waals surface area (Å²) in [6.45, 7) is -1.73. The van der Waals surface area contributed by atoms with E-state index in [2.05, 4.69) is 53.2 Å². The van der Waals surface area contributed by atoms with Gasteiger partial charge in [-0.25, -0.2) is 0 Å². The number of carboxylic acids is 2. The van der Waals surface area contributed by atoms with Crippen LogP contribution in [0.5, 0.6) is 0 Å². The monoisotopic (exact) mass is 1300 g/mol. The minimum atomic E-state index is -1.92. The second-order valence-corrected chi connectivity index (χ2v) is 19.1. The number of hydrogen-bond acceptors (Lipinski definition) is 25. The predicted octanol–water partition coefficient (Wildman–Crippen LogP) is -9.75. The summed E-state index contributed by atoms with van der Waals surface area (Å²) >= 11 is 0. The number of carboxylic acid groups (broad SMARTS) is 2. The molecule has 90 heavy (non-hydrogen) atoms. The lowest BCUT2D eigenvalue weighted by molar-refractivity contribution is -0.143. The van der Waals surface area contributed by atoms with E-state index in [-0.39, 0.29) is 111 Å². The number of aliphatic hydroxyl groups excluding tert-OH is 2. The van der Waals surface area contributed by atoms with Crippen molar-refractivity contribution >= 4 is 82.7 Å². The number of amides is 11. The molecule has 0 aromatic carbocycles. The third-order valence-electron chi connectivity index (χ3n) is 11.5. The molecule has 0 heterocycles. The van der Waals surface area contributed by atoms with Gasteiger partial charge in [0.1, 0.15) is 50.6 Å². The highest BCUT2D eigenvalue weighted by atomic mass is 16.5. The minimum Gasteiger partial charge on any atom is -0.480 e. The van der Waals surface area contributed by atoms with Crippen LogP contribution in [0.15, 0.2) is 0 Å². The smallest absolute Gasteiger partial charge is 0.317 e. The average Bonchev–Trinajstić information content (AvgIpc) is 1.98. The summed E-state index contributed by atoms with van der Waals surface area (Å²) in [6.07, 6.45) is 0.239. The maximum Gasteiger partial charge on any atom is 0.317 e. The van der Waals surface area contributed by atoms with Gasteiger partial charge in [0, 0.05) is 39.7 Å². The van der Waals surface area contributed by atoms with Crippen molar-refractivity contribution < 1.29 is 125 Å². The van der Waals surface area contributed by atoms with E-state index in [1.807, 2.05) is 6.92 Å². The van der Waals surface area contributed by atoms with Gasteiger partial charge in [0.15, 0.2) is 5.78 Å². The number of unbranched alkanes of at least 4 members (excludes halogenated alkanes) is 1. The van der Waals surface area contributed by atoms with Gasteiger partial charge in [-0.3, -0.25) is 72.0 Å². The number of Topliss-reactive ketones (excluding diaryl/α,β-unsaturated/α-hetero) is 1. The van der Waals surface area contributed by atoms with Gasteiger partial charge in [0.25, 0.3) is 0 Å². The van der Waals surface area contributed by atoms with E-state index < -0.39 is 166 Å². The molecule has 0 fully saturated rings. The number of nitrogens with two attached hydrogens (primary N) is 1. The molecule has 0 bridgehead atoms. The Kier molecular flexibility index (Phi) is 47.7. The molecule has 38 nitrogen and oxygen atoms in total. The van der Waals surface area contributed by atoms with Crippen molar-refractivity contribution in [1.82, 2.24) is 58.1 Å². The van der Waals surface area contributed by atoms with Gasteiger partial charge in [-0.1, -0.05) is 19.8 Å². The highest BCUT2D eigenvalue weighted by Crippen LogP contribution is 2.05. The molecule has 0 aliphatic carbocycles. The summed E-state index contributed by atoms with van der Waals surface area (Å²) in [6, 6.07) is -8.22. The minimum absolute atomic E-state index is 0.0122. The van der Waals surface area contributed by atoms with E-state index in [4.69, 9.17) is 53.8 Å². The summed E-state index contributed by atoms with van der Waals surface area (Å²) in [4.78, 5) is 174. The maximum atomic E-state index is 13.5. The van der Waals surface area contributed by atoms with E-state index in [0.717, 1.165) is 4.90 Å². The number of nitrogens with one attached hydrogen (secondary N) is 10. The number of methoxy groups -OCH3 is 1. The van der Waals surface area contributed by atoms with Gasteiger partial charge in [0.2, 0.25) is 65.0 Å². The number of aliphatic hydroxyl groups is 2. The first-order valence-electron chi connectivity index (χ1n) is 28.5. The zero-order valence-electron chi connectivity index (χ0n) is 50.9. The second-order valence-electron chi connectivity index (χ2n) is 19.1. The van der Waals surface area contributed by atoms with Crippen molar-refractivity contribution in [3.63, 3.8) is 0 Å². The standard InChI is InChI=1S/C52H90N12O26/c1-4-5-6-35(34(2)67)60-50(80)37(23-57-42(70)25-64(26-47(75)76)27-48(77)78)62-52(82)39(29-66)63-49(79)36(7-8-40(53)68)61-51(81)38(28-65)59-41(69)24-58-46(74)33-90-22-19-86-14-11-56-45(73)32-89-21-18-85-13-10-55-44(72)31-88-20-17-84-12-9-54-43(71)30-87-16-15-83-3/h35-39,65-66H,4-33H2,1-3H3,(H2,53,68)(H,54,71)(H,55,72)(H,56,73)(H,57,70)(H,58,74)(H,59,69)(H,60,80)(H,61,81)(H,62,82)(H,63,79)(H,75,76)(H,77,78)/t35-,36-,37-,38-,39-/m0/s1. The van der Waals surface area contributed by atoms with Crippen LogP contribution in [0.3, 0.4) is 0 Å². The fourth-order valence-corrected chi connectivity index (χ4v) is 6.93. The lowest BCUT2D eigenvalue weighted by Gasteiger charge is -2.26. The Balaban J connectivity index is 4.83. The number of nitrogens with zero attached hydrogens (tertiary/aromatic N) is 1. The van der Waals surface area contributed by atoms with Gasteiger partial charge in [-0.05, 0) is 19.8 Å². The molecule has 38 heteroatoms. The molecular formula is C52H90N12O26. The highest BCUT2D eigenvalue weighted by molar-refractivity contribution is 5.97. The van der Waals surface area contributed by atoms with Crippen molar-refractivity contribution in [2.45, 2.75) is 76.2 Å². The van der Waals surface area contributed by atoms with Crippen molar-refractivity contribution in [3.05, 3.63) is 0 Å². The highest BCUT2D eigenvalue weighted by Gasteiger charge is 2.33.